The van der Waals surface area contributed by atoms with Crippen molar-refractivity contribution in [3.8, 4) is 11.5 Å². The summed E-state index contributed by atoms with van der Waals surface area (Å²) in [5.74, 6) is 1.24. The summed E-state index contributed by atoms with van der Waals surface area (Å²) in [6.45, 7) is 6.73. The third-order valence-electron chi connectivity index (χ3n) is 4.50. The number of ether oxygens (including phenoxy) is 2. The smallest absolute Gasteiger partial charge is 0.261 e. The summed E-state index contributed by atoms with van der Waals surface area (Å²) in [7, 11) is 1.61. The molecule has 0 spiro atoms. The first kappa shape index (κ1) is 19.8. The van der Waals surface area contributed by atoms with Gasteiger partial charge < -0.3 is 14.8 Å². The molecule has 4 nitrogen and oxygen atoms in total. The molecule has 4 heteroatoms. The van der Waals surface area contributed by atoms with E-state index >= 15 is 0 Å². The van der Waals surface area contributed by atoms with E-state index in [1.165, 1.54) is 16.7 Å². The molecule has 1 N–H and O–H groups in total. The van der Waals surface area contributed by atoms with Crippen LogP contribution in [0.2, 0.25) is 0 Å². The van der Waals surface area contributed by atoms with Crippen LogP contribution in [0.1, 0.15) is 43.9 Å². The number of aryl methyl sites for hydroxylation is 2. The molecule has 1 atom stereocenters. The summed E-state index contributed by atoms with van der Waals surface area (Å²) in [5.41, 5.74) is 3.73. The van der Waals surface area contributed by atoms with Crippen LogP contribution in [-0.4, -0.2) is 19.1 Å². The van der Waals surface area contributed by atoms with Crippen molar-refractivity contribution in [2.75, 3.05) is 7.11 Å². The van der Waals surface area contributed by atoms with Gasteiger partial charge in [0.15, 0.2) is 6.10 Å². The molecule has 0 saturated heterocycles. The molecule has 26 heavy (non-hydrogen) atoms. The highest BCUT2D eigenvalue weighted by molar-refractivity contribution is 5.81. The van der Waals surface area contributed by atoms with Crippen LogP contribution in [0.15, 0.2) is 42.5 Å². The van der Waals surface area contributed by atoms with Crippen molar-refractivity contribution in [1.82, 2.24) is 5.32 Å². The minimum Gasteiger partial charge on any atom is -0.497 e. The van der Waals surface area contributed by atoms with Gasteiger partial charge in [0.25, 0.3) is 5.91 Å². The van der Waals surface area contributed by atoms with Gasteiger partial charge >= 0.3 is 0 Å². The van der Waals surface area contributed by atoms with E-state index in [4.69, 9.17) is 9.47 Å². The Morgan fingerprint density at radius 3 is 2.42 bits per heavy atom. The number of carbonyl (C=O) groups excluding carboxylic acids is 1. The Morgan fingerprint density at radius 2 is 1.77 bits per heavy atom. The SMILES string of the molecule is CCc1ccc(CC)c(CNC(=O)[C@@H](CC)Oc2cccc(OC)c2)c1. The maximum Gasteiger partial charge on any atom is 0.261 e. The van der Waals surface area contributed by atoms with E-state index in [9.17, 15) is 4.79 Å². The fourth-order valence-electron chi connectivity index (χ4n) is 2.87. The molecular weight excluding hydrogens is 326 g/mol. The molecule has 1 amide bonds. The average Bonchev–Trinajstić information content (AvgIpc) is 2.69. The summed E-state index contributed by atoms with van der Waals surface area (Å²) in [6.07, 6.45) is 2.01. The molecule has 0 bridgehead atoms. The van der Waals surface area contributed by atoms with Crippen LogP contribution >= 0.6 is 0 Å². The van der Waals surface area contributed by atoms with Crippen LogP contribution in [0.3, 0.4) is 0 Å². The number of amides is 1. The predicted molar refractivity (Wildman–Crippen MR) is 105 cm³/mol. The number of hydrogen-bond acceptors (Lipinski definition) is 3. The maximum atomic E-state index is 12.6. The van der Waals surface area contributed by atoms with Crippen molar-refractivity contribution in [1.29, 1.82) is 0 Å². The van der Waals surface area contributed by atoms with Crippen molar-refractivity contribution in [2.24, 2.45) is 0 Å². The lowest BCUT2D eigenvalue weighted by Gasteiger charge is -2.18. The third-order valence-corrected chi connectivity index (χ3v) is 4.50. The largest absolute Gasteiger partial charge is 0.497 e. The van der Waals surface area contributed by atoms with Crippen LogP contribution in [0, 0.1) is 0 Å². The van der Waals surface area contributed by atoms with E-state index in [0.717, 1.165) is 12.8 Å². The van der Waals surface area contributed by atoms with E-state index in [0.29, 0.717) is 24.5 Å². The Morgan fingerprint density at radius 1 is 1.00 bits per heavy atom. The summed E-state index contributed by atoms with van der Waals surface area (Å²) >= 11 is 0. The van der Waals surface area contributed by atoms with Gasteiger partial charge in [-0.1, -0.05) is 45.0 Å². The predicted octanol–water partition coefficient (Wildman–Crippen LogP) is 4.29. The molecule has 0 fully saturated rings. The summed E-state index contributed by atoms with van der Waals surface area (Å²) in [5, 5.41) is 3.03. The lowest BCUT2D eigenvalue weighted by molar-refractivity contribution is -0.128. The molecule has 0 aliphatic rings. The number of nitrogens with one attached hydrogen (secondary N) is 1. The molecule has 0 unspecified atom stereocenters. The number of rotatable bonds is 9. The Bertz CT molecular complexity index is 727. The van der Waals surface area contributed by atoms with E-state index < -0.39 is 6.10 Å². The van der Waals surface area contributed by atoms with E-state index in [2.05, 4.69) is 37.4 Å². The molecule has 0 aromatic heterocycles. The van der Waals surface area contributed by atoms with E-state index in [1.54, 1.807) is 13.2 Å². The first-order chi connectivity index (χ1) is 12.6. The van der Waals surface area contributed by atoms with Gasteiger partial charge in [-0.2, -0.15) is 0 Å². The first-order valence-electron chi connectivity index (χ1n) is 9.30. The lowest BCUT2D eigenvalue weighted by Crippen LogP contribution is -2.37. The monoisotopic (exact) mass is 355 g/mol. The van der Waals surface area contributed by atoms with Crippen LogP contribution in [0.25, 0.3) is 0 Å². The van der Waals surface area contributed by atoms with Crippen molar-refractivity contribution < 1.29 is 14.3 Å². The zero-order chi connectivity index (χ0) is 18.9. The number of hydrogen-bond donors (Lipinski definition) is 1. The Kier molecular flexibility index (Phi) is 7.52. The highest BCUT2D eigenvalue weighted by atomic mass is 16.5. The van der Waals surface area contributed by atoms with Gasteiger partial charge in [0.2, 0.25) is 0 Å². The molecule has 0 aliphatic heterocycles. The molecule has 2 aromatic carbocycles. The minimum atomic E-state index is -0.526. The molecule has 0 saturated carbocycles. The minimum absolute atomic E-state index is 0.0979. The number of benzene rings is 2. The van der Waals surface area contributed by atoms with Crippen molar-refractivity contribution in [3.05, 3.63) is 59.2 Å². The van der Waals surface area contributed by atoms with Gasteiger partial charge in [0.1, 0.15) is 11.5 Å². The van der Waals surface area contributed by atoms with E-state index in [-0.39, 0.29) is 5.91 Å². The molecule has 0 heterocycles. The molecular formula is C22H29NO3. The van der Waals surface area contributed by atoms with Gasteiger partial charge in [-0.3, -0.25) is 4.79 Å². The zero-order valence-electron chi connectivity index (χ0n) is 16.2. The highest BCUT2D eigenvalue weighted by Gasteiger charge is 2.18. The summed E-state index contributed by atoms with van der Waals surface area (Å²) < 4.78 is 11.1. The number of carbonyl (C=O) groups is 1. The molecule has 0 radical (unpaired) electrons. The summed E-state index contributed by atoms with van der Waals surface area (Å²) in [6, 6.07) is 13.8. The second-order valence-electron chi connectivity index (χ2n) is 6.22. The Hall–Kier alpha value is -2.49. The normalized spacial score (nSPS) is 11.7. The Balaban J connectivity index is 2.03. The molecule has 2 aromatic rings. The standard InChI is InChI=1S/C22H29NO3/c1-5-16-11-12-17(6-2)18(13-16)15-23-22(24)21(7-3)26-20-10-8-9-19(14-20)25-4/h8-14,21H,5-7,15H2,1-4H3,(H,23,24)/t21-/m1/s1. The summed E-state index contributed by atoms with van der Waals surface area (Å²) in [4.78, 5) is 12.6. The quantitative estimate of drug-likeness (QED) is 0.730. The lowest BCUT2D eigenvalue weighted by atomic mass is 10.0. The van der Waals surface area contributed by atoms with Gasteiger partial charge in [-0.25, -0.2) is 0 Å². The van der Waals surface area contributed by atoms with Crippen molar-refractivity contribution >= 4 is 5.91 Å². The molecule has 0 aliphatic carbocycles. The second kappa shape index (κ2) is 9.85. The van der Waals surface area contributed by atoms with Gasteiger partial charge in [0, 0.05) is 12.6 Å². The van der Waals surface area contributed by atoms with Crippen molar-refractivity contribution in [2.45, 2.75) is 52.7 Å². The highest BCUT2D eigenvalue weighted by Crippen LogP contribution is 2.21. The molecule has 140 valence electrons. The van der Waals surface area contributed by atoms with Crippen LogP contribution in [0.4, 0.5) is 0 Å². The van der Waals surface area contributed by atoms with Gasteiger partial charge in [0.05, 0.1) is 7.11 Å². The Labute approximate surface area is 156 Å². The first-order valence-corrected chi connectivity index (χ1v) is 9.30. The van der Waals surface area contributed by atoms with Crippen LogP contribution < -0.4 is 14.8 Å². The second-order valence-corrected chi connectivity index (χ2v) is 6.22. The van der Waals surface area contributed by atoms with Crippen LogP contribution in [0.5, 0.6) is 11.5 Å². The average molecular weight is 355 g/mol. The molecule has 2 rings (SSSR count). The number of methoxy groups -OCH3 is 1. The van der Waals surface area contributed by atoms with Gasteiger partial charge in [-0.15, -0.1) is 0 Å². The fraction of sp³-hybridized carbons (Fsp3) is 0.409. The van der Waals surface area contributed by atoms with Crippen molar-refractivity contribution in [3.63, 3.8) is 0 Å². The third kappa shape index (κ3) is 5.25. The van der Waals surface area contributed by atoms with Gasteiger partial charge in [-0.05, 0) is 48.1 Å². The van der Waals surface area contributed by atoms with Crippen LogP contribution in [-0.2, 0) is 24.2 Å². The maximum absolute atomic E-state index is 12.6. The van der Waals surface area contributed by atoms with E-state index in [1.807, 2.05) is 25.1 Å². The zero-order valence-corrected chi connectivity index (χ0v) is 16.2. The topological polar surface area (TPSA) is 47.6 Å². The fourth-order valence-corrected chi connectivity index (χ4v) is 2.87.